The largest absolute Gasteiger partial charge is 0.334 e. The van der Waals surface area contributed by atoms with Crippen molar-refractivity contribution in [2.45, 2.75) is 52.7 Å². The topological polar surface area (TPSA) is 34.0 Å². The van der Waals surface area contributed by atoms with Crippen LogP contribution in [0.3, 0.4) is 0 Å². The zero-order valence-corrected chi connectivity index (χ0v) is 13.6. The fraction of sp³-hybridized carbons (Fsp3) is 0.529. The van der Waals surface area contributed by atoms with Crippen LogP contribution in [0, 0.1) is 6.92 Å². The van der Waals surface area contributed by atoms with E-state index in [9.17, 15) is 0 Å². The molecule has 0 unspecified atom stereocenters. The molecule has 0 aliphatic rings. The van der Waals surface area contributed by atoms with E-state index in [1.165, 1.54) is 11.3 Å². The van der Waals surface area contributed by atoms with Crippen molar-refractivity contribution in [3.05, 3.63) is 47.8 Å². The van der Waals surface area contributed by atoms with E-state index in [4.69, 9.17) is 0 Å². The average molecular weight is 286 g/mol. The molecule has 0 N–H and O–H groups in total. The van der Waals surface area contributed by atoms with Crippen LogP contribution in [0.2, 0.25) is 0 Å². The van der Waals surface area contributed by atoms with Gasteiger partial charge in [-0.15, -0.1) is 0 Å². The lowest BCUT2D eigenvalue weighted by atomic mass is 10.1. The van der Waals surface area contributed by atoms with E-state index >= 15 is 0 Å². The minimum absolute atomic E-state index is 0.436. The molecular weight excluding hydrogens is 260 g/mol. The SMILES string of the molecule is CCCn1ccnc1CN(C)[C@@H](C)Cc1ncccc1C. The van der Waals surface area contributed by atoms with Crippen LogP contribution in [0.15, 0.2) is 30.7 Å². The van der Waals surface area contributed by atoms with Crippen LogP contribution in [0.5, 0.6) is 0 Å². The second kappa shape index (κ2) is 7.36. The van der Waals surface area contributed by atoms with Gasteiger partial charge < -0.3 is 4.57 Å². The third kappa shape index (κ3) is 4.14. The number of rotatable bonds is 7. The Morgan fingerprint density at radius 3 is 2.81 bits per heavy atom. The third-order valence-corrected chi connectivity index (χ3v) is 4.02. The maximum Gasteiger partial charge on any atom is 0.122 e. The minimum Gasteiger partial charge on any atom is -0.334 e. The van der Waals surface area contributed by atoms with E-state index < -0.39 is 0 Å². The lowest BCUT2D eigenvalue weighted by Crippen LogP contribution is -2.32. The molecule has 21 heavy (non-hydrogen) atoms. The Bertz CT molecular complexity index is 561. The summed E-state index contributed by atoms with van der Waals surface area (Å²) >= 11 is 0. The predicted octanol–water partition coefficient (Wildman–Crippen LogP) is 3.06. The molecule has 2 heterocycles. The Morgan fingerprint density at radius 1 is 1.29 bits per heavy atom. The fourth-order valence-corrected chi connectivity index (χ4v) is 2.48. The smallest absolute Gasteiger partial charge is 0.122 e. The molecule has 2 aromatic rings. The average Bonchev–Trinajstić information content (AvgIpc) is 2.89. The number of nitrogens with zero attached hydrogens (tertiary/aromatic N) is 4. The molecule has 0 aromatic carbocycles. The Kier molecular flexibility index (Phi) is 5.51. The molecule has 4 nitrogen and oxygen atoms in total. The molecule has 1 atom stereocenters. The molecule has 2 aromatic heterocycles. The van der Waals surface area contributed by atoms with Crippen LogP contribution in [-0.4, -0.2) is 32.5 Å². The number of pyridine rings is 1. The predicted molar refractivity (Wildman–Crippen MR) is 86.1 cm³/mol. The minimum atomic E-state index is 0.436. The highest BCUT2D eigenvalue weighted by molar-refractivity contribution is 5.18. The molecule has 0 radical (unpaired) electrons. The van der Waals surface area contributed by atoms with Gasteiger partial charge in [0.2, 0.25) is 0 Å². The molecule has 2 rings (SSSR count). The van der Waals surface area contributed by atoms with Crippen molar-refractivity contribution in [3.63, 3.8) is 0 Å². The molecule has 0 aliphatic carbocycles. The van der Waals surface area contributed by atoms with E-state index in [1.54, 1.807) is 0 Å². The summed E-state index contributed by atoms with van der Waals surface area (Å²) in [5.74, 6) is 1.14. The van der Waals surface area contributed by atoms with Crippen LogP contribution in [0.25, 0.3) is 0 Å². The van der Waals surface area contributed by atoms with Gasteiger partial charge >= 0.3 is 0 Å². The first-order valence-corrected chi connectivity index (χ1v) is 7.72. The highest BCUT2D eigenvalue weighted by Crippen LogP contribution is 2.12. The van der Waals surface area contributed by atoms with Gasteiger partial charge in [-0.25, -0.2) is 4.98 Å². The van der Waals surface area contributed by atoms with Crippen molar-refractivity contribution in [2.75, 3.05) is 7.05 Å². The summed E-state index contributed by atoms with van der Waals surface area (Å²) in [5.41, 5.74) is 2.46. The van der Waals surface area contributed by atoms with Crippen molar-refractivity contribution in [1.29, 1.82) is 0 Å². The fourth-order valence-electron chi connectivity index (χ4n) is 2.48. The Morgan fingerprint density at radius 2 is 2.10 bits per heavy atom. The second-order valence-corrected chi connectivity index (χ2v) is 5.77. The standard InChI is InChI=1S/C17H26N4/c1-5-10-21-11-9-19-17(21)13-20(4)15(3)12-16-14(2)7-6-8-18-16/h6-9,11,15H,5,10,12-13H2,1-4H3/t15-/m0/s1. The summed E-state index contributed by atoms with van der Waals surface area (Å²) in [6.45, 7) is 8.49. The maximum absolute atomic E-state index is 4.50. The van der Waals surface area contributed by atoms with Gasteiger partial charge in [0.15, 0.2) is 0 Å². The summed E-state index contributed by atoms with van der Waals surface area (Å²) in [5, 5.41) is 0. The lowest BCUT2D eigenvalue weighted by Gasteiger charge is -2.25. The first-order chi connectivity index (χ1) is 10.1. The van der Waals surface area contributed by atoms with Crippen molar-refractivity contribution < 1.29 is 0 Å². The highest BCUT2D eigenvalue weighted by atomic mass is 15.2. The number of hydrogen-bond acceptors (Lipinski definition) is 3. The van der Waals surface area contributed by atoms with Crippen LogP contribution in [0.1, 0.15) is 37.4 Å². The second-order valence-electron chi connectivity index (χ2n) is 5.77. The summed E-state index contributed by atoms with van der Waals surface area (Å²) in [4.78, 5) is 11.3. The van der Waals surface area contributed by atoms with Gasteiger partial charge in [0.1, 0.15) is 5.82 Å². The van der Waals surface area contributed by atoms with E-state index in [2.05, 4.69) is 59.5 Å². The Balaban J connectivity index is 1.98. The number of hydrogen-bond donors (Lipinski definition) is 0. The first-order valence-electron chi connectivity index (χ1n) is 7.72. The monoisotopic (exact) mass is 286 g/mol. The molecule has 0 bridgehead atoms. The van der Waals surface area contributed by atoms with Crippen LogP contribution < -0.4 is 0 Å². The number of imidazole rings is 1. The van der Waals surface area contributed by atoms with E-state index in [0.717, 1.165) is 31.8 Å². The van der Waals surface area contributed by atoms with Gasteiger partial charge in [0.05, 0.1) is 6.54 Å². The first kappa shape index (κ1) is 15.7. The van der Waals surface area contributed by atoms with E-state index in [1.807, 2.05) is 18.5 Å². The van der Waals surface area contributed by atoms with Gasteiger partial charge in [0, 0.05) is 43.3 Å². The number of aromatic nitrogens is 3. The van der Waals surface area contributed by atoms with Crippen LogP contribution in [0.4, 0.5) is 0 Å². The molecule has 0 saturated carbocycles. The summed E-state index contributed by atoms with van der Waals surface area (Å²) in [6.07, 6.45) is 7.95. The van der Waals surface area contributed by atoms with Crippen molar-refractivity contribution >= 4 is 0 Å². The van der Waals surface area contributed by atoms with Crippen LogP contribution in [-0.2, 0) is 19.5 Å². The Hall–Kier alpha value is -1.68. The molecule has 0 fully saturated rings. The molecule has 0 saturated heterocycles. The van der Waals surface area contributed by atoms with Gasteiger partial charge in [-0.3, -0.25) is 9.88 Å². The van der Waals surface area contributed by atoms with Crippen molar-refractivity contribution in [2.24, 2.45) is 0 Å². The quantitative estimate of drug-likeness (QED) is 0.784. The van der Waals surface area contributed by atoms with Crippen molar-refractivity contribution in [1.82, 2.24) is 19.4 Å². The summed E-state index contributed by atoms with van der Waals surface area (Å²) < 4.78 is 2.25. The molecule has 0 spiro atoms. The highest BCUT2D eigenvalue weighted by Gasteiger charge is 2.14. The van der Waals surface area contributed by atoms with E-state index in [0.29, 0.717) is 6.04 Å². The molecule has 114 valence electrons. The number of aryl methyl sites for hydroxylation is 2. The summed E-state index contributed by atoms with van der Waals surface area (Å²) in [6, 6.07) is 4.56. The van der Waals surface area contributed by atoms with Gasteiger partial charge in [0.25, 0.3) is 0 Å². The molecular formula is C17H26N4. The molecule has 0 amide bonds. The zero-order chi connectivity index (χ0) is 15.2. The molecule has 0 aliphatic heterocycles. The van der Waals surface area contributed by atoms with Crippen molar-refractivity contribution in [3.8, 4) is 0 Å². The normalized spacial score (nSPS) is 12.8. The zero-order valence-electron chi connectivity index (χ0n) is 13.6. The van der Waals surface area contributed by atoms with Gasteiger partial charge in [-0.05, 0) is 38.9 Å². The molecule has 4 heteroatoms. The maximum atomic E-state index is 4.50. The van der Waals surface area contributed by atoms with Gasteiger partial charge in [-0.2, -0.15) is 0 Å². The Labute approximate surface area is 127 Å². The summed E-state index contributed by atoms with van der Waals surface area (Å²) in [7, 11) is 2.16. The van der Waals surface area contributed by atoms with Crippen LogP contribution >= 0.6 is 0 Å². The third-order valence-electron chi connectivity index (χ3n) is 4.02. The van der Waals surface area contributed by atoms with E-state index in [-0.39, 0.29) is 0 Å². The lowest BCUT2D eigenvalue weighted by molar-refractivity contribution is 0.237. The number of likely N-dealkylation sites (N-methyl/N-ethyl adjacent to an activating group) is 1. The van der Waals surface area contributed by atoms with Gasteiger partial charge in [-0.1, -0.05) is 13.0 Å².